The van der Waals surface area contributed by atoms with Gasteiger partial charge in [0.1, 0.15) is 5.75 Å². The molecule has 0 amide bonds. The van der Waals surface area contributed by atoms with E-state index in [2.05, 4.69) is 28.6 Å². The molecule has 2 aromatic heterocycles. The number of aryl methyl sites for hydroxylation is 1. The summed E-state index contributed by atoms with van der Waals surface area (Å²) < 4.78 is 8.31. The van der Waals surface area contributed by atoms with Crippen molar-refractivity contribution < 1.29 is 4.74 Å². The fraction of sp³-hybridized carbons (Fsp3) is 0.333. The number of unbranched alkanes of at least 4 members (excludes halogenated alkanes) is 2. The quantitative estimate of drug-likeness (QED) is 0.630. The number of benzene rings is 1. The van der Waals surface area contributed by atoms with Crippen LogP contribution < -0.4 is 4.74 Å². The fourth-order valence-electron chi connectivity index (χ4n) is 2.19. The van der Waals surface area contributed by atoms with Crippen LogP contribution in [-0.2, 0) is 0 Å². The summed E-state index contributed by atoms with van der Waals surface area (Å²) in [7, 11) is 0. The van der Waals surface area contributed by atoms with Gasteiger partial charge in [-0.2, -0.15) is 5.26 Å². The number of ether oxygens (including phenoxy) is 1. The monoisotopic (exact) mass is 302 g/mol. The lowest BCUT2D eigenvalue weighted by Gasteiger charge is -2.07. The zero-order valence-corrected chi connectivity index (χ0v) is 12.8. The van der Waals surface area contributed by atoms with Gasteiger partial charge < -0.3 is 4.74 Å². The molecule has 0 N–H and O–H groups in total. The molecule has 0 unspecified atom stereocenters. The maximum atomic E-state index is 8.52. The molecule has 1 aromatic carbocycles. The van der Waals surface area contributed by atoms with E-state index in [0.29, 0.717) is 13.0 Å². The molecule has 3 aromatic rings. The zero-order valence-electron chi connectivity index (χ0n) is 11.2. The Bertz CT molecular complexity index is 782. The smallest absolute Gasteiger partial charge is 0.129 e. The number of fused-ring (bicyclic) bond motifs is 3. The second kappa shape index (κ2) is 5.78. The van der Waals surface area contributed by atoms with Gasteiger partial charge in [0.25, 0.3) is 0 Å². The van der Waals surface area contributed by atoms with E-state index < -0.39 is 0 Å². The van der Waals surface area contributed by atoms with Crippen LogP contribution in [0.15, 0.2) is 17.5 Å². The molecule has 0 saturated heterocycles. The summed E-state index contributed by atoms with van der Waals surface area (Å²) in [5.74, 6) is 0.939. The van der Waals surface area contributed by atoms with Gasteiger partial charge in [-0.25, -0.2) is 4.98 Å². The first-order chi connectivity index (χ1) is 9.79. The molecule has 5 heteroatoms. The lowest BCUT2D eigenvalue weighted by atomic mass is 10.2. The summed E-state index contributed by atoms with van der Waals surface area (Å²) in [6.45, 7) is 2.70. The van der Waals surface area contributed by atoms with E-state index in [1.165, 1.54) is 9.40 Å². The first-order valence-electron chi connectivity index (χ1n) is 6.56. The van der Waals surface area contributed by atoms with Crippen molar-refractivity contribution in [3.05, 3.63) is 22.5 Å². The summed E-state index contributed by atoms with van der Waals surface area (Å²) >= 11 is 3.42. The zero-order chi connectivity index (χ0) is 13.9. The van der Waals surface area contributed by atoms with E-state index in [4.69, 9.17) is 10.00 Å². The van der Waals surface area contributed by atoms with Crippen molar-refractivity contribution in [3.63, 3.8) is 0 Å². The molecular formula is C15H14N2OS2. The molecule has 0 saturated carbocycles. The lowest BCUT2D eigenvalue weighted by Crippen LogP contribution is -1.97. The Kier molecular flexibility index (Phi) is 3.86. The largest absolute Gasteiger partial charge is 0.493 e. The van der Waals surface area contributed by atoms with E-state index in [1.807, 2.05) is 6.92 Å². The molecule has 20 heavy (non-hydrogen) atoms. The topological polar surface area (TPSA) is 45.9 Å². The number of nitrogens with zero attached hydrogens (tertiary/aromatic N) is 2. The maximum absolute atomic E-state index is 8.52. The Morgan fingerprint density at radius 3 is 3.15 bits per heavy atom. The van der Waals surface area contributed by atoms with E-state index in [-0.39, 0.29) is 0 Å². The van der Waals surface area contributed by atoms with Crippen LogP contribution in [0.2, 0.25) is 0 Å². The standard InChI is InChI=1S/C15H14N2OS2/c1-10-17-14-13(20-10)9-12(11-5-8-19-15(11)14)18-7-4-2-3-6-16/h5,8-9H,2-4,7H2,1H3. The highest BCUT2D eigenvalue weighted by Gasteiger charge is 2.12. The van der Waals surface area contributed by atoms with Crippen molar-refractivity contribution in [2.24, 2.45) is 0 Å². The van der Waals surface area contributed by atoms with Crippen LogP contribution >= 0.6 is 22.7 Å². The van der Waals surface area contributed by atoms with E-state index >= 15 is 0 Å². The average molecular weight is 302 g/mol. The van der Waals surface area contributed by atoms with Crippen molar-refractivity contribution >= 4 is 43.0 Å². The van der Waals surface area contributed by atoms with Gasteiger partial charge in [0.2, 0.25) is 0 Å². The fourth-order valence-corrected chi connectivity index (χ4v) is 4.03. The molecule has 0 fully saturated rings. The summed E-state index contributed by atoms with van der Waals surface area (Å²) in [5.41, 5.74) is 1.09. The van der Waals surface area contributed by atoms with Crippen LogP contribution in [0.1, 0.15) is 24.3 Å². The average Bonchev–Trinajstić information content (AvgIpc) is 3.03. The van der Waals surface area contributed by atoms with Crippen molar-refractivity contribution in [1.82, 2.24) is 4.98 Å². The van der Waals surface area contributed by atoms with E-state index in [1.54, 1.807) is 22.7 Å². The number of nitriles is 1. The maximum Gasteiger partial charge on any atom is 0.129 e. The Labute approximate surface area is 125 Å². The highest BCUT2D eigenvalue weighted by molar-refractivity contribution is 7.21. The highest BCUT2D eigenvalue weighted by atomic mass is 32.1. The van der Waals surface area contributed by atoms with Crippen molar-refractivity contribution in [3.8, 4) is 11.8 Å². The van der Waals surface area contributed by atoms with Gasteiger partial charge in [-0.1, -0.05) is 0 Å². The van der Waals surface area contributed by atoms with Crippen LogP contribution in [0.5, 0.6) is 5.75 Å². The SMILES string of the molecule is Cc1nc2c(cc(OCCCCC#N)c3ccsc32)s1. The minimum atomic E-state index is 0.601. The van der Waals surface area contributed by atoms with Crippen molar-refractivity contribution in [1.29, 1.82) is 5.26 Å². The molecule has 3 rings (SSSR count). The molecule has 0 atom stereocenters. The van der Waals surface area contributed by atoms with Gasteiger partial charge in [0.15, 0.2) is 0 Å². The molecule has 0 aliphatic rings. The van der Waals surface area contributed by atoms with Crippen LogP contribution in [0.4, 0.5) is 0 Å². The number of rotatable bonds is 5. The Balaban J connectivity index is 1.89. The second-order valence-corrected chi connectivity index (χ2v) is 6.73. The van der Waals surface area contributed by atoms with Crippen LogP contribution in [0.25, 0.3) is 20.3 Å². The second-order valence-electron chi connectivity index (χ2n) is 4.58. The normalized spacial score (nSPS) is 11.0. The van der Waals surface area contributed by atoms with Crippen molar-refractivity contribution in [2.75, 3.05) is 6.61 Å². The first-order valence-corrected chi connectivity index (χ1v) is 8.26. The first kappa shape index (κ1) is 13.3. The number of aromatic nitrogens is 1. The number of hydrogen-bond donors (Lipinski definition) is 0. The molecule has 0 spiro atoms. The summed E-state index contributed by atoms with van der Waals surface area (Å²) in [6.07, 6.45) is 2.41. The third-order valence-corrected chi connectivity index (χ3v) is 4.95. The minimum absolute atomic E-state index is 0.601. The molecule has 0 bridgehead atoms. The van der Waals surface area contributed by atoms with Gasteiger partial charge in [0.05, 0.1) is 32.6 Å². The van der Waals surface area contributed by atoms with Gasteiger partial charge >= 0.3 is 0 Å². The third-order valence-electron chi connectivity index (χ3n) is 3.11. The number of thiazole rings is 1. The highest BCUT2D eigenvalue weighted by Crippen LogP contribution is 2.38. The van der Waals surface area contributed by atoms with Gasteiger partial charge in [-0.3, -0.25) is 0 Å². The molecule has 3 nitrogen and oxygen atoms in total. The molecular weight excluding hydrogens is 288 g/mol. The summed E-state index contributed by atoms with van der Waals surface area (Å²) in [4.78, 5) is 4.61. The predicted molar refractivity (Wildman–Crippen MR) is 84.7 cm³/mol. The predicted octanol–water partition coefficient (Wildman–Crippen LogP) is 4.89. The Hall–Kier alpha value is -1.64. The molecule has 102 valence electrons. The Morgan fingerprint density at radius 1 is 1.40 bits per heavy atom. The van der Waals surface area contributed by atoms with Crippen LogP contribution in [0, 0.1) is 18.3 Å². The molecule has 0 radical (unpaired) electrons. The number of thiophene rings is 1. The number of hydrogen-bond acceptors (Lipinski definition) is 5. The van der Waals surface area contributed by atoms with Gasteiger partial charge in [-0.05, 0) is 31.2 Å². The van der Waals surface area contributed by atoms with E-state index in [9.17, 15) is 0 Å². The van der Waals surface area contributed by atoms with Crippen molar-refractivity contribution in [2.45, 2.75) is 26.2 Å². The molecule has 2 heterocycles. The molecule has 0 aliphatic carbocycles. The minimum Gasteiger partial charge on any atom is -0.493 e. The van der Waals surface area contributed by atoms with Crippen LogP contribution in [-0.4, -0.2) is 11.6 Å². The van der Waals surface area contributed by atoms with Gasteiger partial charge in [-0.15, -0.1) is 22.7 Å². The Morgan fingerprint density at radius 2 is 2.30 bits per heavy atom. The molecule has 0 aliphatic heterocycles. The summed E-state index contributed by atoms with van der Waals surface area (Å²) in [5, 5.41) is 12.8. The van der Waals surface area contributed by atoms with Gasteiger partial charge in [0, 0.05) is 17.9 Å². The van der Waals surface area contributed by atoms with Crippen LogP contribution in [0.3, 0.4) is 0 Å². The third kappa shape index (κ3) is 2.49. The lowest BCUT2D eigenvalue weighted by molar-refractivity contribution is 0.311. The summed E-state index contributed by atoms with van der Waals surface area (Å²) in [6, 6.07) is 6.35. The van der Waals surface area contributed by atoms with E-state index in [0.717, 1.165) is 34.5 Å².